The van der Waals surface area contributed by atoms with Gasteiger partial charge in [-0.15, -0.1) is 0 Å². The van der Waals surface area contributed by atoms with Gasteiger partial charge in [-0.05, 0) is 42.3 Å². The van der Waals surface area contributed by atoms with E-state index in [4.69, 9.17) is 4.74 Å². The minimum Gasteiger partial charge on any atom is -0.452 e. The molecule has 3 aromatic rings. The van der Waals surface area contributed by atoms with Crippen LogP contribution in [0.5, 0.6) is 0 Å². The molecule has 176 valence electrons. The summed E-state index contributed by atoms with van der Waals surface area (Å²) in [6.07, 6.45) is 1.58. The molecule has 0 saturated carbocycles. The molecule has 3 aromatic carbocycles. The lowest BCUT2D eigenvalue weighted by atomic mass is 10.1. The fourth-order valence-corrected chi connectivity index (χ4v) is 3.85. The summed E-state index contributed by atoms with van der Waals surface area (Å²) in [5.41, 5.74) is 3.72. The summed E-state index contributed by atoms with van der Waals surface area (Å²) in [5.74, 6) is -1.25. The fraction of sp³-hybridized carbons (Fsp3) is 0.192. The number of nitrogens with one attached hydrogen (secondary N) is 2. The maximum absolute atomic E-state index is 12.7. The van der Waals surface area contributed by atoms with Crippen molar-refractivity contribution >= 4 is 34.3 Å². The maximum atomic E-state index is 12.7. The molecule has 2 amide bonds. The SMILES string of the molecule is Cc1ccc(CNC(=O)c2ccccc2NC(=O)COC(=O)c2cccc(CS(C)=O)c2)cc1. The number of ether oxygens (including phenoxy) is 1. The summed E-state index contributed by atoms with van der Waals surface area (Å²) < 4.78 is 16.5. The van der Waals surface area contributed by atoms with Gasteiger partial charge in [-0.1, -0.05) is 54.1 Å². The zero-order valence-corrected chi connectivity index (χ0v) is 19.8. The molecule has 7 nitrogen and oxygen atoms in total. The lowest BCUT2D eigenvalue weighted by Gasteiger charge is -2.12. The Labute approximate surface area is 201 Å². The van der Waals surface area contributed by atoms with Crippen molar-refractivity contribution in [2.24, 2.45) is 0 Å². The van der Waals surface area contributed by atoms with Crippen LogP contribution in [0, 0.1) is 6.92 Å². The van der Waals surface area contributed by atoms with E-state index >= 15 is 0 Å². The van der Waals surface area contributed by atoms with E-state index in [0.717, 1.165) is 16.7 Å². The van der Waals surface area contributed by atoms with E-state index in [0.29, 0.717) is 23.5 Å². The van der Waals surface area contributed by atoms with Gasteiger partial charge in [0.15, 0.2) is 6.61 Å². The first-order chi connectivity index (χ1) is 16.3. The lowest BCUT2D eigenvalue weighted by Crippen LogP contribution is -2.26. The highest BCUT2D eigenvalue weighted by molar-refractivity contribution is 7.83. The Bertz CT molecular complexity index is 1210. The van der Waals surface area contributed by atoms with Gasteiger partial charge >= 0.3 is 5.97 Å². The van der Waals surface area contributed by atoms with Gasteiger partial charge in [0.05, 0.1) is 16.8 Å². The van der Waals surface area contributed by atoms with Crippen molar-refractivity contribution in [2.75, 3.05) is 18.2 Å². The van der Waals surface area contributed by atoms with Crippen molar-refractivity contribution in [3.8, 4) is 0 Å². The van der Waals surface area contributed by atoms with Gasteiger partial charge in [0.2, 0.25) is 0 Å². The zero-order valence-electron chi connectivity index (χ0n) is 19.0. The molecule has 0 aliphatic rings. The number of aryl methyl sites for hydroxylation is 1. The van der Waals surface area contributed by atoms with Crippen LogP contribution >= 0.6 is 0 Å². The molecule has 0 aliphatic carbocycles. The normalized spacial score (nSPS) is 11.4. The Balaban J connectivity index is 1.57. The topological polar surface area (TPSA) is 102 Å². The van der Waals surface area contributed by atoms with Gasteiger partial charge in [0, 0.05) is 29.4 Å². The number of carbonyl (C=O) groups excluding carboxylic acids is 3. The first-order valence-electron chi connectivity index (χ1n) is 10.6. The standard InChI is InChI=1S/C26H26N2O5S/c1-18-10-12-19(13-11-18)15-27-25(30)22-8-3-4-9-23(22)28-24(29)16-33-26(31)21-7-5-6-20(14-21)17-34(2)32/h3-14H,15-17H2,1-2H3,(H,27,30)(H,28,29). The molecule has 0 saturated heterocycles. The van der Waals surface area contributed by atoms with Gasteiger partial charge in [0.25, 0.3) is 11.8 Å². The molecule has 0 bridgehead atoms. The first kappa shape index (κ1) is 24.9. The van der Waals surface area contributed by atoms with Crippen LogP contribution in [0.25, 0.3) is 0 Å². The zero-order chi connectivity index (χ0) is 24.5. The molecule has 1 atom stereocenters. The number of rotatable bonds is 9. The fourth-order valence-electron chi connectivity index (χ4n) is 3.20. The smallest absolute Gasteiger partial charge is 0.338 e. The average molecular weight is 479 g/mol. The minimum atomic E-state index is -1.04. The maximum Gasteiger partial charge on any atom is 0.338 e. The molecule has 0 fully saturated rings. The predicted molar refractivity (Wildman–Crippen MR) is 132 cm³/mol. The quantitative estimate of drug-likeness (QED) is 0.458. The third-order valence-electron chi connectivity index (χ3n) is 4.89. The monoisotopic (exact) mass is 478 g/mol. The molecule has 0 aromatic heterocycles. The number of anilines is 1. The number of hydrogen-bond acceptors (Lipinski definition) is 5. The van der Waals surface area contributed by atoms with Crippen molar-refractivity contribution in [1.29, 1.82) is 0 Å². The Morgan fingerprint density at radius 2 is 1.65 bits per heavy atom. The van der Waals surface area contributed by atoms with Crippen LogP contribution in [0.1, 0.15) is 37.4 Å². The number of benzene rings is 3. The Kier molecular flexibility index (Phi) is 8.70. The van der Waals surface area contributed by atoms with Crippen molar-refractivity contribution in [3.63, 3.8) is 0 Å². The Morgan fingerprint density at radius 1 is 0.912 bits per heavy atom. The van der Waals surface area contributed by atoms with Gasteiger partial charge in [-0.25, -0.2) is 4.79 Å². The first-order valence-corrected chi connectivity index (χ1v) is 12.3. The highest BCUT2D eigenvalue weighted by Crippen LogP contribution is 2.16. The van der Waals surface area contributed by atoms with Crippen LogP contribution < -0.4 is 10.6 Å². The van der Waals surface area contributed by atoms with Gasteiger partial charge in [-0.3, -0.25) is 13.8 Å². The molecule has 8 heteroatoms. The van der Waals surface area contributed by atoms with Crippen LogP contribution in [0.2, 0.25) is 0 Å². The van der Waals surface area contributed by atoms with Gasteiger partial charge in [0.1, 0.15) is 0 Å². The average Bonchev–Trinajstić information content (AvgIpc) is 2.82. The molecular weight excluding hydrogens is 452 g/mol. The lowest BCUT2D eigenvalue weighted by molar-refractivity contribution is -0.119. The van der Waals surface area contributed by atoms with E-state index in [1.54, 1.807) is 54.8 Å². The van der Waals surface area contributed by atoms with E-state index in [9.17, 15) is 18.6 Å². The van der Waals surface area contributed by atoms with Crippen molar-refractivity contribution < 1.29 is 23.3 Å². The van der Waals surface area contributed by atoms with Crippen LogP contribution in [-0.4, -0.2) is 34.9 Å². The van der Waals surface area contributed by atoms with E-state index in [1.165, 1.54) is 0 Å². The molecule has 34 heavy (non-hydrogen) atoms. The summed E-state index contributed by atoms with van der Waals surface area (Å²) in [6, 6.07) is 21.0. The second kappa shape index (κ2) is 11.9. The molecule has 2 N–H and O–H groups in total. The number of hydrogen-bond donors (Lipinski definition) is 2. The summed E-state index contributed by atoms with van der Waals surface area (Å²) in [7, 11) is -1.04. The number of carbonyl (C=O) groups is 3. The third kappa shape index (κ3) is 7.38. The van der Waals surface area contributed by atoms with Gasteiger partial charge < -0.3 is 15.4 Å². The molecule has 0 heterocycles. The third-order valence-corrected chi connectivity index (χ3v) is 5.63. The summed E-state index contributed by atoms with van der Waals surface area (Å²) in [6.45, 7) is 1.83. The van der Waals surface area contributed by atoms with E-state index in [-0.39, 0.29) is 11.5 Å². The Hall–Kier alpha value is -3.78. The molecule has 0 spiro atoms. The minimum absolute atomic E-state index is 0.270. The van der Waals surface area contributed by atoms with Crippen LogP contribution in [0.15, 0.2) is 72.8 Å². The van der Waals surface area contributed by atoms with Gasteiger partial charge in [-0.2, -0.15) is 0 Å². The van der Waals surface area contributed by atoms with E-state index < -0.39 is 29.3 Å². The second-order valence-electron chi connectivity index (χ2n) is 7.76. The molecular formula is C26H26N2O5S. The Morgan fingerprint density at radius 3 is 2.38 bits per heavy atom. The van der Waals surface area contributed by atoms with Crippen molar-refractivity contribution in [3.05, 3.63) is 101 Å². The summed E-state index contributed by atoms with van der Waals surface area (Å²) in [5, 5.41) is 5.47. The van der Waals surface area contributed by atoms with Crippen LogP contribution in [-0.2, 0) is 32.6 Å². The molecule has 0 radical (unpaired) electrons. The highest BCUT2D eigenvalue weighted by atomic mass is 32.2. The molecule has 0 aliphatic heterocycles. The van der Waals surface area contributed by atoms with E-state index in [2.05, 4.69) is 10.6 Å². The number of amides is 2. The van der Waals surface area contributed by atoms with Crippen LogP contribution in [0.3, 0.4) is 0 Å². The second-order valence-corrected chi connectivity index (χ2v) is 9.19. The largest absolute Gasteiger partial charge is 0.452 e. The van der Waals surface area contributed by atoms with E-state index in [1.807, 2.05) is 31.2 Å². The number of para-hydroxylation sites is 1. The molecule has 3 rings (SSSR count). The summed E-state index contributed by atoms with van der Waals surface area (Å²) >= 11 is 0. The van der Waals surface area contributed by atoms with Crippen LogP contribution in [0.4, 0.5) is 5.69 Å². The summed E-state index contributed by atoms with van der Waals surface area (Å²) in [4.78, 5) is 37.4. The predicted octanol–water partition coefficient (Wildman–Crippen LogP) is 3.60. The van der Waals surface area contributed by atoms with Crippen molar-refractivity contribution in [1.82, 2.24) is 5.32 Å². The molecule has 1 unspecified atom stereocenters. The highest BCUT2D eigenvalue weighted by Gasteiger charge is 2.15. The number of esters is 1. The van der Waals surface area contributed by atoms with Crippen molar-refractivity contribution in [2.45, 2.75) is 19.2 Å².